The summed E-state index contributed by atoms with van der Waals surface area (Å²) >= 11 is 0. The van der Waals surface area contributed by atoms with Gasteiger partial charge in [0.25, 0.3) is 0 Å². The van der Waals surface area contributed by atoms with Crippen molar-refractivity contribution in [2.45, 2.75) is 25.8 Å². The van der Waals surface area contributed by atoms with Crippen LogP contribution in [-0.2, 0) is 11.3 Å². The smallest absolute Gasteiger partial charge is 0.190 e. The van der Waals surface area contributed by atoms with Gasteiger partial charge < -0.3 is 14.8 Å². The van der Waals surface area contributed by atoms with Gasteiger partial charge in [-0.25, -0.2) is 8.78 Å². The molecule has 1 aliphatic carbocycles. The number of benzene rings is 1. The molecule has 1 fully saturated rings. The number of nitrogens with one attached hydrogen (secondary N) is 1. The van der Waals surface area contributed by atoms with Crippen LogP contribution in [0.1, 0.15) is 24.8 Å². The molecule has 1 aromatic rings. The fourth-order valence-corrected chi connectivity index (χ4v) is 1.99. The second-order valence-corrected chi connectivity index (χ2v) is 5.14. The zero-order valence-electron chi connectivity index (χ0n) is 11.8. The number of halogens is 2. The molecule has 0 aromatic heterocycles. The van der Waals surface area contributed by atoms with E-state index in [-0.39, 0.29) is 5.75 Å². The fourth-order valence-electron chi connectivity index (χ4n) is 1.99. The average molecular weight is 285 g/mol. The van der Waals surface area contributed by atoms with Crippen LogP contribution in [0.25, 0.3) is 0 Å². The predicted molar refractivity (Wildman–Crippen MR) is 72.8 cm³/mol. The minimum absolute atomic E-state index is 0.258. The molecule has 3 nitrogen and oxygen atoms in total. The van der Waals surface area contributed by atoms with Crippen LogP contribution in [-0.4, -0.2) is 26.9 Å². The van der Waals surface area contributed by atoms with E-state index in [0.29, 0.717) is 37.8 Å². The van der Waals surface area contributed by atoms with Crippen LogP contribution in [0.2, 0.25) is 0 Å². The molecule has 0 bridgehead atoms. The van der Waals surface area contributed by atoms with E-state index in [2.05, 4.69) is 5.32 Å². The van der Waals surface area contributed by atoms with E-state index < -0.39 is 11.6 Å². The molecule has 1 aliphatic rings. The van der Waals surface area contributed by atoms with Gasteiger partial charge in [-0.05, 0) is 30.0 Å². The number of hydrogen-bond donors (Lipinski definition) is 1. The average Bonchev–Trinajstić information content (AvgIpc) is 3.22. The molecule has 0 atom stereocenters. The third kappa shape index (κ3) is 4.72. The summed E-state index contributed by atoms with van der Waals surface area (Å²) in [5.74, 6) is -0.842. The lowest BCUT2D eigenvalue weighted by atomic mass is 10.2. The summed E-state index contributed by atoms with van der Waals surface area (Å²) in [4.78, 5) is 0. The Balaban J connectivity index is 1.85. The largest absolute Gasteiger partial charge is 0.488 e. The number of rotatable bonds is 9. The molecule has 0 unspecified atom stereocenters. The Hall–Kier alpha value is -1.20. The van der Waals surface area contributed by atoms with Crippen molar-refractivity contribution in [2.24, 2.45) is 5.92 Å². The topological polar surface area (TPSA) is 30.5 Å². The molecule has 0 spiro atoms. The number of ether oxygens (including phenoxy) is 2. The number of methoxy groups -OCH3 is 1. The molecule has 2 rings (SSSR count). The Bertz CT molecular complexity index is 413. The van der Waals surface area contributed by atoms with Gasteiger partial charge in [0.15, 0.2) is 17.4 Å². The Labute approximate surface area is 118 Å². The van der Waals surface area contributed by atoms with Gasteiger partial charge in [0.2, 0.25) is 0 Å². The third-order valence-electron chi connectivity index (χ3n) is 3.34. The highest BCUT2D eigenvalue weighted by molar-refractivity contribution is 5.31. The highest BCUT2D eigenvalue weighted by Crippen LogP contribution is 2.32. The lowest BCUT2D eigenvalue weighted by Crippen LogP contribution is -2.18. The first kappa shape index (κ1) is 15.2. The molecule has 20 heavy (non-hydrogen) atoms. The van der Waals surface area contributed by atoms with E-state index in [1.807, 2.05) is 0 Å². The second-order valence-electron chi connectivity index (χ2n) is 5.14. The van der Waals surface area contributed by atoms with Gasteiger partial charge in [-0.1, -0.05) is 12.8 Å². The minimum Gasteiger partial charge on any atom is -0.488 e. The van der Waals surface area contributed by atoms with Crippen molar-refractivity contribution in [3.05, 3.63) is 29.3 Å². The summed E-state index contributed by atoms with van der Waals surface area (Å²) in [6.07, 6.45) is 3.29. The van der Waals surface area contributed by atoms with Crippen molar-refractivity contribution < 1.29 is 18.3 Å². The molecule has 0 aliphatic heterocycles. The van der Waals surface area contributed by atoms with Gasteiger partial charge in [-0.2, -0.15) is 0 Å². The minimum atomic E-state index is -0.635. The highest BCUT2D eigenvalue weighted by Gasteiger charge is 2.21. The van der Waals surface area contributed by atoms with Crippen molar-refractivity contribution in [3.8, 4) is 5.75 Å². The first-order valence-corrected chi connectivity index (χ1v) is 7.01. The molecular weight excluding hydrogens is 264 g/mol. The van der Waals surface area contributed by atoms with Crippen molar-refractivity contribution in [2.75, 3.05) is 26.9 Å². The van der Waals surface area contributed by atoms with Crippen LogP contribution in [0.4, 0.5) is 8.78 Å². The van der Waals surface area contributed by atoms with Gasteiger partial charge in [-0.15, -0.1) is 0 Å². The van der Waals surface area contributed by atoms with Crippen LogP contribution in [0, 0.1) is 17.6 Å². The maximum Gasteiger partial charge on any atom is 0.190 e. The standard InChI is InChI=1S/C15H21F2NO2/c1-19-7-5-18-10-12-8-13(16)15(14(17)9-12)20-6-4-11-2-3-11/h8-9,11,18H,2-7,10H2,1H3. The molecular formula is C15H21F2NO2. The van der Waals surface area contributed by atoms with Gasteiger partial charge in [-0.3, -0.25) is 0 Å². The summed E-state index contributed by atoms with van der Waals surface area (Å²) in [6.45, 7) is 1.98. The fraction of sp³-hybridized carbons (Fsp3) is 0.600. The molecule has 1 N–H and O–H groups in total. The third-order valence-corrected chi connectivity index (χ3v) is 3.34. The van der Waals surface area contributed by atoms with Crippen LogP contribution in [0.15, 0.2) is 12.1 Å². The normalized spacial score (nSPS) is 14.6. The molecule has 112 valence electrons. The van der Waals surface area contributed by atoms with Gasteiger partial charge in [0.05, 0.1) is 13.2 Å². The van der Waals surface area contributed by atoms with Crippen LogP contribution >= 0.6 is 0 Å². The van der Waals surface area contributed by atoms with Crippen molar-refractivity contribution in [3.63, 3.8) is 0 Å². The molecule has 5 heteroatoms. The van der Waals surface area contributed by atoms with E-state index in [4.69, 9.17) is 9.47 Å². The van der Waals surface area contributed by atoms with E-state index >= 15 is 0 Å². The first-order chi connectivity index (χ1) is 9.70. The summed E-state index contributed by atoms with van der Waals surface area (Å²) in [5, 5.41) is 3.04. The van der Waals surface area contributed by atoms with E-state index in [9.17, 15) is 8.78 Å². The Morgan fingerprint density at radius 1 is 1.20 bits per heavy atom. The Morgan fingerprint density at radius 2 is 1.90 bits per heavy atom. The monoisotopic (exact) mass is 285 g/mol. The summed E-state index contributed by atoms with van der Waals surface area (Å²) < 4.78 is 37.7. The maximum atomic E-state index is 13.8. The number of hydrogen-bond acceptors (Lipinski definition) is 3. The Morgan fingerprint density at radius 3 is 2.50 bits per heavy atom. The van der Waals surface area contributed by atoms with E-state index in [1.54, 1.807) is 7.11 Å². The van der Waals surface area contributed by atoms with Gasteiger partial charge in [0.1, 0.15) is 0 Å². The van der Waals surface area contributed by atoms with Crippen LogP contribution in [0.5, 0.6) is 5.75 Å². The quantitative estimate of drug-likeness (QED) is 0.708. The summed E-state index contributed by atoms with van der Waals surface area (Å²) in [6, 6.07) is 2.63. The van der Waals surface area contributed by atoms with Crippen molar-refractivity contribution >= 4 is 0 Å². The van der Waals surface area contributed by atoms with E-state index in [1.165, 1.54) is 25.0 Å². The second kappa shape index (κ2) is 7.55. The van der Waals surface area contributed by atoms with Crippen LogP contribution < -0.4 is 10.1 Å². The maximum absolute atomic E-state index is 13.8. The van der Waals surface area contributed by atoms with Gasteiger partial charge >= 0.3 is 0 Å². The first-order valence-electron chi connectivity index (χ1n) is 7.01. The van der Waals surface area contributed by atoms with E-state index in [0.717, 1.165) is 6.42 Å². The molecule has 1 saturated carbocycles. The predicted octanol–water partition coefficient (Wildman–Crippen LogP) is 2.88. The zero-order valence-corrected chi connectivity index (χ0v) is 11.8. The molecule has 0 saturated heterocycles. The Kier molecular flexibility index (Phi) is 5.73. The molecule has 0 radical (unpaired) electrons. The summed E-state index contributed by atoms with van der Waals surface area (Å²) in [7, 11) is 1.61. The molecule has 0 heterocycles. The van der Waals surface area contributed by atoms with Crippen molar-refractivity contribution in [1.82, 2.24) is 5.32 Å². The molecule has 0 amide bonds. The van der Waals surface area contributed by atoms with Crippen molar-refractivity contribution in [1.29, 1.82) is 0 Å². The zero-order chi connectivity index (χ0) is 14.4. The summed E-state index contributed by atoms with van der Waals surface area (Å²) in [5.41, 5.74) is 0.561. The molecule has 1 aromatic carbocycles. The van der Waals surface area contributed by atoms with Crippen LogP contribution in [0.3, 0.4) is 0 Å². The highest BCUT2D eigenvalue weighted by atomic mass is 19.1. The SMILES string of the molecule is COCCNCc1cc(F)c(OCCC2CC2)c(F)c1. The lowest BCUT2D eigenvalue weighted by Gasteiger charge is -2.10. The lowest BCUT2D eigenvalue weighted by molar-refractivity contribution is 0.199. The van der Waals surface area contributed by atoms with Gasteiger partial charge in [0, 0.05) is 20.2 Å².